The molecule has 1 unspecified atom stereocenters. The average Bonchev–Trinajstić information content (AvgIpc) is 3.08. The standard InChI is InChI=1S/C36H47ClN4O6S/c1-25-6-5-8-33(45-2)31-13-10-29(31)23-41-22-28-9-12-30(37)20-26(28)7-3-4-17-47-34-14-11-27(21-32(34)41)35(42)38-48(44,24-25)39-36(43)40-15-18-46-19-16-40/h5,8-9,11-12,14,20-21,25,29,31,33H,3-4,6-7,10,13,15-19,22-24H2,1-2H3,(H,38,39,42,43,44)/b8-5+/t25-,29-,31+,33-,48?/m0/s1. The number of carbonyl (C=O) groups excluding carboxylic acids is 2. The Morgan fingerprint density at radius 1 is 1.08 bits per heavy atom. The number of fused-ring (bicyclic) bond motifs is 3. The second-order valence-corrected chi connectivity index (χ2v) is 15.9. The summed E-state index contributed by atoms with van der Waals surface area (Å²) in [5.74, 6) is 0.669. The number of halogens is 1. The summed E-state index contributed by atoms with van der Waals surface area (Å²) in [5, 5.41) is 0.718. The van der Waals surface area contributed by atoms with E-state index < -0.39 is 21.9 Å². The lowest BCUT2D eigenvalue weighted by molar-refractivity contribution is 0.0133. The maximum Gasteiger partial charge on any atom is 0.330 e. The van der Waals surface area contributed by atoms with Gasteiger partial charge in [-0.3, -0.25) is 9.52 Å². The number of methoxy groups -OCH3 is 1. The molecule has 10 nitrogen and oxygen atoms in total. The Kier molecular flexibility index (Phi) is 11.3. The second kappa shape index (κ2) is 15.6. The maximum atomic E-state index is 14.4. The molecule has 0 radical (unpaired) electrons. The molecule has 6 rings (SSSR count). The molecule has 2 fully saturated rings. The van der Waals surface area contributed by atoms with E-state index in [0.29, 0.717) is 69.0 Å². The van der Waals surface area contributed by atoms with Crippen molar-refractivity contribution in [1.82, 2.24) is 9.62 Å². The number of nitrogens with zero attached hydrogens (tertiary/aromatic N) is 3. The number of hydrogen-bond acceptors (Lipinski definition) is 7. The Hall–Kier alpha value is -3.12. The van der Waals surface area contributed by atoms with Crippen LogP contribution in [0.5, 0.6) is 5.75 Å². The van der Waals surface area contributed by atoms with E-state index in [1.807, 2.05) is 25.1 Å². The normalized spacial score (nSPS) is 29.1. The lowest BCUT2D eigenvalue weighted by Crippen LogP contribution is -2.48. The predicted octanol–water partition coefficient (Wildman–Crippen LogP) is 6.26. The van der Waals surface area contributed by atoms with Crippen LogP contribution in [-0.2, 0) is 32.4 Å². The zero-order valence-corrected chi connectivity index (χ0v) is 29.5. The molecule has 12 heteroatoms. The molecule has 2 aromatic carbocycles. The van der Waals surface area contributed by atoms with E-state index in [9.17, 15) is 13.8 Å². The number of hydrogen-bond donors (Lipinski definition) is 1. The fourth-order valence-electron chi connectivity index (χ4n) is 7.14. The Balaban J connectivity index is 1.43. The van der Waals surface area contributed by atoms with Crippen LogP contribution in [0.3, 0.4) is 0 Å². The summed E-state index contributed by atoms with van der Waals surface area (Å²) in [7, 11) is -1.72. The molecule has 3 aliphatic heterocycles. The summed E-state index contributed by atoms with van der Waals surface area (Å²) >= 11 is 6.45. The molecule has 3 heterocycles. The molecule has 1 aliphatic carbocycles. The second-order valence-electron chi connectivity index (χ2n) is 13.5. The molecule has 1 N–H and O–H groups in total. The van der Waals surface area contributed by atoms with Crippen molar-refractivity contribution in [2.24, 2.45) is 22.1 Å². The highest BCUT2D eigenvalue weighted by molar-refractivity contribution is 7.92. The largest absolute Gasteiger partial charge is 0.491 e. The zero-order chi connectivity index (χ0) is 33.7. The monoisotopic (exact) mass is 698 g/mol. The fraction of sp³-hybridized carbons (Fsp3) is 0.556. The number of anilines is 1. The first-order valence-electron chi connectivity index (χ1n) is 17.1. The van der Waals surface area contributed by atoms with Gasteiger partial charge in [-0.25, -0.2) is 9.00 Å². The van der Waals surface area contributed by atoms with Crippen molar-refractivity contribution >= 4 is 39.1 Å². The first-order valence-corrected chi connectivity index (χ1v) is 19.2. The lowest BCUT2D eigenvalue weighted by Gasteiger charge is -2.43. The molecule has 0 spiro atoms. The van der Waals surface area contributed by atoms with Crippen molar-refractivity contribution in [2.75, 3.05) is 57.2 Å². The van der Waals surface area contributed by atoms with Gasteiger partial charge in [0, 0.05) is 43.9 Å². The molecular weight excluding hydrogens is 652 g/mol. The third-order valence-electron chi connectivity index (χ3n) is 9.95. The van der Waals surface area contributed by atoms with Crippen LogP contribution in [0.15, 0.2) is 52.9 Å². The Morgan fingerprint density at radius 3 is 2.69 bits per heavy atom. The van der Waals surface area contributed by atoms with E-state index in [1.54, 1.807) is 18.1 Å². The molecular formula is C36H47ClN4O6S. The van der Waals surface area contributed by atoms with Gasteiger partial charge in [-0.2, -0.15) is 0 Å². The molecule has 1 saturated carbocycles. The average molecular weight is 699 g/mol. The van der Waals surface area contributed by atoms with Gasteiger partial charge >= 0.3 is 6.03 Å². The van der Waals surface area contributed by atoms with Crippen LogP contribution in [0.25, 0.3) is 0 Å². The van der Waals surface area contributed by atoms with Gasteiger partial charge in [-0.15, -0.1) is 4.36 Å². The van der Waals surface area contributed by atoms with Crippen LogP contribution < -0.4 is 14.4 Å². The van der Waals surface area contributed by atoms with Crippen molar-refractivity contribution in [3.05, 3.63) is 70.3 Å². The van der Waals surface area contributed by atoms with Crippen molar-refractivity contribution in [1.29, 1.82) is 0 Å². The number of amides is 3. The van der Waals surface area contributed by atoms with Gasteiger partial charge in [0.15, 0.2) is 0 Å². The van der Waals surface area contributed by atoms with Crippen molar-refractivity contribution in [3.63, 3.8) is 0 Å². The number of morpholine rings is 1. The quantitative estimate of drug-likeness (QED) is 0.369. The van der Waals surface area contributed by atoms with Crippen molar-refractivity contribution < 1.29 is 28.0 Å². The summed E-state index contributed by atoms with van der Waals surface area (Å²) in [6, 6.07) is 10.9. The van der Waals surface area contributed by atoms with E-state index in [-0.39, 0.29) is 17.8 Å². The van der Waals surface area contributed by atoms with E-state index in [1.165, 1.54) is 11.1 Å². The number of ether oxygens (including phenoxy) is 3. The molecule has 5 atom stereocenters. The van der Waals surface area contributed by atoms with E-state index >= 15 is 0 Å². The highest BCUT2D eigenvalue weighted by Crippen LogP contribution is 2.42. The van der Waals surface area contributed by atoms with Crippen LogP contribution in [0, 0.1) is 17.8 Å². The minimum atomic E-state index is -3.48. The van der Waals surface area contributed by atoms with Gasteiger partial charge in [-0.1, -0.05) is 36.7 Å². The first kappa shape index (κ1) is 34.7. The summed E-state index contributed by atoms with van der Waals surface area (Å²) in [4.78, 5) is 31.0. The number of benzene rings is 2. The Labute approximate surface area is 289 Å². The highest BCUT2D eigenvalue weighted by Gasteiger charge is 2.38. The van der Waals surface area contributed by atoms with Crippen LogP contribution in [0.2, 0.25) is 5.02 Å². The molecule has 1 saturated heterocycles. The van der Waals surface area contributed by atoms with Gasteiger partial charge in [-0.05, 0) is 97.7 Å². The highest BCUT2D eigenvalue weighted by atomic mass is 35.5. The van der Waals surface area contributed by atoms with Gasteiger partial charge in [0.1, 0.15) is 15.7 Å². The number of aryl methyl sites for hydroxylation is 1. The van der Waals surface area contributed by atoms with Crippen molar-refractivity contribution in [3.8, 4) is 5.75 Å². The Morgan fingerprint density at radius 2 is 1.92 bits per heavy atom. The Bertz CT molecular complexity index is 1640. The SMILES string of the molecule is CO[C@H]1/C=C/C[C@H](C)CS(=O)(NC(=O)N2CCOCC2)=NC(=O)c2ccc3c(c2)N(Cc2ccc(Cl)cc2CCCCO3)C[C@@H]2CC[C@H]21. The molecule has 3 amide bonds. The summed E-state index contributed by atoms with van der Waals surface area (Å²) in [5.41, 5.74) is 3.48. The molecule has 260 valence electrons. The third kappa shape index (κ3) is 8.35. The molecule has 2 bridgehead atoms. The minimum absolute atomic E-state index is 0.0301. The van der Waals surface area contributed by atoms with Gasteiger partial charge in [0.2, 0.25) is 0 Å². The summed E-state index contributed by atoms with van der Waals surface area (Å²) in [6.07, 6.45) is 9.62. The number of rotatable bonds is 2. The number of carbonyl (C=O) groups is 2. The molecule has 2 aromatic rings. The van der Waals surface area contributed by atoms with Crippen LogP contribution in [0.4, 0.5) is 10.5 Å². The van der Waals surface area contributed by atoms with Crippen LogP contribution >= 0.6 is 11.6 Å². The molecule has 48 heavy (non-hydrogen) atoms. The van der Waals surface area contributed by atoms with Gasteiger partial charge in [0.25, 0.3) is 5.91 Å². The minimum Gasteiger partial charge on any atom is -0.491 e. The first-order chi connectivity index (χ1) is 23.2. The number of urea groups is 1. The molecule has 0 aromatic heterocycles. The van der Waals surface area contributed by atoms with Crippen LogP contribution in [0.1, 0.15) is 60.5 Å². The van der Waals surface area contributed by atoms with Crippen LogP contribution in [-0.4, -0.2) is 79.5 Å². The topological polar surface area (TPSA) is 110 Å². The molecule has 4 aliphatic rings. The van der Waals surface area contributed by atoms with Crippen molar-refractivity contribution in [2.45, 2.75) is 58.1 Å². The lowest BCUT2D eigenvalue weighted by atomic mass is 9.70. The van der Waals surface area contributed by atoms with Gasteiger partial charge in [0.05, 0.1) is 37.4 Å². The number of nitrogens with one attached hydrogen (secondary N) is 1. The fourth-order valence-corrected chi connectivity index (χ4v) is 9.22. The van der Waals surface area contributed by atoms with E-state index in [4.69, 9.17) is 25.8 Å². The maximum absolute atomic E-state index is 14.4. The zero-order valence-electron chi connectivity index (χ0n) is 27.9. The third-order valence-corrected chi connectivity index (χ3v) is 12.2. The predicted molar refractivity (Wildman–Crippen MR) is 188 cm³/mol. The smallest absolute Gasteiger partial charge is 0.330 e. The summed E-state index contributed by atoms with van der Waals surface area (Å²) in [6.45, 7) is 5.41. The number of allylic oxidation sites excluding steroid dienone is 1. The van der Waals surface area contributed by atoms with Gasteiger partial charge < -0.3 is 24.0 Å². The van der Waals surface area contributed by atoms with E-state index in [2.05, 4.69) is 38.3 Å². The summed E-state index contributed by atoms with van der Waals surface area (Å²) < 4.78 is 39.1. The van der Waals surface area contributed by atoms with E-state index in [0.717, 1.165) is 49.4 Å².